The zero-order chi connectivity index (χ0) is 17.3. The first-order valence-corrected chi connectivity index (χ1v) is 6.86. The minimum Gasteiger partial charge on any atom is -0.455 e. The first-order valence-electron chi connectivity index (χ1n) is 6.86. The Bertz CT molecular complexity index is 888. The zero-order valence-electron chi connectivity index (χ0n) is 12.4. The van der Waals surface area contributed by atoms with E-state index in [1.54, 1.807) is 13.0 Å². The molecule has 0 amide bonds. The Morgan fingerprint density at radius 1 is 1.21 bits per heavy atom. The van der Waals surface area contributed by atoms with E-state index in [2.05, 4.69) is 15.1 Å². The number of aryl methyl sites for hydroxylation is 1. The van der Waals surface area contributed by atoms with Gasteiger partial charge in [-0.1, -0.05) is 12.1 Å². The SMILES string of the molecule is Cc1ccnc2nc(C(=O)OCc3ccc(C(F)(F)F)cc3)nn12. The summed E-state index contributed by atoms with van der Waals surface area (Å²) in [6.07, 6.45) is -2.86. The predicted molar refractivity (Wildman–Crippen MR) is 76.1 cm³/mol. The molecule has 3 aromatic rings. The molecule has 0 radical (unpaired) electrons. The molecule has 0 saturated heterocycles. The maximum Gasteiger partial charge on any atom is 0.416 e. The van der Waals surface area contributed by atoms with Crippen molar-refractivity contribution < 1.29 is 22.7 Å². The van der Waals surface area contributed by atoms with Crippen molar-refractivity contribution in [3.8, 4) is 0 Å². The van der Waals surface area contributed by atoms with Crippen molar-refractivity contribution in [2.45, 2.75) is 19.7 Å². The van der Waals surface area contributed by atoms with E-state index in [9.17, 15) is 18.0 Å². The van der Waals surface area contributed by atoms with Gasteiger partial charge in [-0.25, -0.2) is 14.3 Å². The Hall–Kier alpha value is -2.97. The highest BCUT2D eigenvalue weighted by molar-refractivity contribution is 5.85. The summed E-state index contributed by atoms with van der Waals surface area (Å²) in [7, 11) is 0. The van der Waals surface area contributed by atoms with E-state index in [-0.39, 0.29) is 18.2 Å². The molecular weight excluding hydrogens is 325 g/mol. The average Bonchev–Trinajstić information content (AvgIpc) is 2.98. The molecule has 0 aliphatic heterocycles. The third-order valence-corrected chi connectivity index (χ3v) is 3.26. The van der Waals surface area contributed by atoms with Crippen LogP contribution in [0.4, 0.5) is 13.2 Å². The van der Waals surface area contributed by atoms with E-state index in [4.69, 9.17) is 4.74 Å². The molecule has 2 heterocycles. The fraction of sp³-hybridized carbons (Fsp3) is 0.200. The molecule has 0 aliphatic carbocycles. The van der Waals surface area contributed by atoms with E-state index in [0.29, 0.717) is 5.56 Å². The lowest BCUT2D eigenvalue weighted by molar-refractivity contribution is -0.137. The zero-order valence-corrected chi connectivity index (χ0v) is 12.4. The summed E-state index contributed by atoms with van der Waals surface area (Å²) >= 11 is 0. The molecule has 1 aromatic carbocycles. The van der Waals surface area contributed by atoms with Crippen LogP contribution in [0.1, 0.15) is 27.4 Å². The van der Waals surface area contributed by atoms with Gasteiger partial charge in [-0.2, -0.15) is 18.2 Å². The molecule has 0 spiro atoms. The minimum atomic E-state index is -4.40. The van der Waals surface area contributed by atoms with Gasteiger partial charge >= 0.3 is 12.1 Å². The number of carbonyl (C=O) groups excluding carboxylic acids is 1. The van der Waals surface area contributed by atoms with Gasteiger partial charge in [0.05, 0.1) is 5.56 Å². The molecule has 0 fully saturated rings. The van der Waals surface area contributed by atoms with Gasteiger partial charge in [-0.3, -0.25) is 0 Å². The minimum absolute atomic E-state index is 0.163. The lowest BCUT2D eigenvalue weighted by atomic mass is 10.1. The molecule has 24 heavy (non-hydrogen) atoms. The van der Waals surface area contributed by atoms with E-state index in [1.807, 2.05) is 0 Å². The quantitative estimate of drug-likeness (QED) is 0.688. The molecular formula is C15H11F3N4O2. The van der Waals surface area contributed by atoms with Crippen LogP contribution in [-0.2, 0) is 17.5 Å². The highest BCUT2D eigenvalue weighted by Gasteiger charge is 2.30. The molecule has 0 unspecified atom stereocenters. The van der Waals surface area contributed by atoms with Crippen LogP contribution in [0, 0.1) is 6.92 Å². The summed E-state index contributed by atoms with van der Waals surface area (Å²) < 4.78 is 43.9. The second-order valence-corrected chi connectivity index (χ2v) is 5.00. The number of hydrogen-bond donors (Lipinski definition) is 0. The number of ether oxygens (including phenoxy) is 1. The van der Waals surface area contributed by atoms with Crippen LogP contribution in [-0.4, -0.2) is 25.6 Å². The van der Waals surface area contributed by atoms with E-state index in [0.717, 1.165) is 17.8 Å². The van der Waals surface area contributed by atoms with Crippen molar-refractivity contribution >= 4 is 11.7 Å². The van der Waals surface area contributed by atoms with Gasteiger partial charge in [0.15, 0.2) is 0 Å². The molecule has 0 aliphatic rings. The second kappa shape index (κ2) is 5.91. The fourth-order valence-electron chi connectivity index (χ4n) is 2.00. The summed E-state index contributed by atoms with van der Waals surface area (Å²) in [5.41, 5.74) is 0.407. The summed E-state index contributed by atoms with van der Waals surface area (Å²) in [4.78, 5) is 19.9. The standard InChI is InChI=1S/C15H11F3N4O2/c1-9-6-7-19-14-20-12(21-22(9)14)13(23)24-8-10-2-4-11(5-3-10)15(16,17)18/h2-7H,8H2,1H3. The van der Waals surface area contributed by atoms with Gasteiger partial charge in [0.1, 0.15) is 6.61 Å². The Balaban J connectivity index is 1.69. The number of hydrogen-bond acceptors (Lipinski definition) is 5. The number of carbonyl (C=O) groups is 1. The fourth-order valence-corrected chi connectivity index (χ4v) is 2.00. The highest BCUT2D eigenvalue weighted by Crippen LogP contribution is 2.29. The van der Waals surface area contributed by atoms with Crippen molar-refractivity contribution in [3.63, 3.8) is 0 Å². The molecule has 0 atom stereocenters. The summed E-state index contributed by atoms with van der Waals surface area (Å²) in [6, 6.07) is 6.07. The molecule has 0 bridgehead atoms. The number of alkyl halides is 3. The first-order chi connectivity index (χ1) is 11.3. The number of esters is 1. The van der Waals surface area contributed by atoms with Gasteiger partial charge in [0.2, 0.25) is 0 Å². The largest absolute Gasteiger partial charge is 0.455 e. The highest BCUT2D eigenvalue weighted by atomic mass is 19.4. The molecule has 124 valence electrons. The lowest BCUT2D eigenvalue weighted by Crippen LogP contribution is -2.08. The Kier molecular flexibility index (Phi) is 3.92. The van der Waals surface area contributed by atoms with Crippen LogP contribution in [0.25, 0.3) is 5.78 Å². The Morgan fingerprint density at radius 3 is 2.54 bits per heavy atom. The van der Waals surface area contributed by atoms with Crippen molar-refractivity contribution in [1.29, 1.82) is 0 Å². The van der Waals surface area contributed by atoms with Crippen molar-refractivity contribution in [1.82, 2.24) is 19.6 Å². The number of aromatic nitrogens is 4. The van der Waals surface area contributed by atoms with Crippen LogP contribution in [0.3, 0.4) is 0 Å². The number of halogens is 3. The lowest BCUT2D eigenvalue weighted by Gasteiger charge is -2.07. The van der Waals surface area contributed by atoms with Gasteiger partial charge in [-0.05, 0) is 30.7 Å². The van der Waals surface area contributed by atoms with Crippen LogP contribution < -0.4 is 0 Å². The smallest absolute Gasteiger partial charge is 0.416 e. The van der Waals surface area contributed by atoms with Crippen LogP contribution >= 0.6 is 0 Å². The van der Waals surface area contributed by atoms with Crippen LogP contribution in [0.5, 0.6) is 0 Å². The van der Waals surface area contributed by atoms with Gasteiger partial charge in [0.25, 0.3) is 11.6 Å². The van der Waals surface area contributed by atoms with Gasteiger partial charge in [-0.15, -0.1) is 5.10 Å². The number of fused-ring (bicyclic) bond motifs is 1. The molecule has 0 saturated carbocycles. The van der Waals surface area contributed by atoms with E-state index in [1.165, 1.54) is 22.8 Å². The molecule has 0 N–H and O–H groups in total. The third kappa shape index (κ3) is 3.19. The Labute approximate surface area is 133 Å². The molecule has 6 nitrogen and oxygen atoms in total. The maximum absolute atomic E-state index is 12.5. The number of benzene rings is 1. The van der Waals surface area contributed by atoms with Gasteiger partial charge in [0, 0.05) is 11.9 Å². The van der Waals surface area contributed by atoms with Crippen molar-refractivity contribution in [2.75, 3.05) is 0 Å². The monoisotopic (exact) mass is 336 g/mol. The Morgan fingerprint density at radius 2 is 1.92 bits per heavy atom. The van der Waals surface area contributed by atoms with Crippen LogP contribution in [0.2, 0.25) is 0 Å². The maximum atomic E-state index is 12.5. The average molecular weight is 336 g/mol. The summed E-state index contributed by atoms with van der Waals surface area (Å²) in [5, 5.41) is 3.99. The topological polar surface area (TPSA) is 69.4 Å². The van der Waals surface area contributed by atoms with E-state index < -0.39 is 17.7 Å². The first kappa shape index (κ1) is 15.9. The number of rotatable bonds is 3. The predicted octanol–water partition coefficient (Wildman–Crippen LogP) is 2.81. The summed E-state index contributed by atoms with van der Waals surface area (Å²) in [5.74, 6) is -0.681. The van der Waals surface area contributed by atoms with Gasteiger partial charge < -0.3 is 4.74 Å². The molecule has 9 heteroatoms. The van der Waals surface area contributed by atoms with Crippen molar-refractivity contribution in [2.24, 2.45) is 0 Å². The molecule has 3 rings (SSSR count). The molecule has 2 aromatic heterocycles. The van der Waals surface area contributed by atoms with E-state index >= 15 is 0 Å². The van der Waals surface area contributed by atoms with Crippen LogP contribution in [0.15, 0.2) is 36.5 Å². The normalized spacial score (nSPS) is 11.7. The number of nitrogens with zero attached hydrogens (tertiary/aromatic N) is 4. The second-order valence-electron chi connectivity index (χ2n) is 5.00. The summed E-state index contributed by atoms with van der Waals surface area (Å²) in [6.45, 7) is 1.60. The van der Waals surface area contributed by atoms with Crippen molar-refractivity contribution in [3.05, 3.63) is 59.2 Å². The third-order valence-electron chi connectivity index (χ3n) is 3.26.